The molecule has 0 unspecified atom stereocenters. The summed E-state index contributed by atoms with van der Waals surface area (Å²) in [5.74, 6) is 4.14. The predicted octanol–water partition coefficient (Wildman–Crippen LogP) is 6.20. The minimum absolute atomic E-state index is 0.398. The van der Waals surface area contributed by atoms with Crippen LogP contribution in [0.15, 0.2) is 53.4 Å². The summed E-state index contributed by atoms with van der Waals surface area (Å²) in [5, 5.41) is 7.45. The van der Waals surface area contributed by atoms with Crippen molar-refractivity contribution in [3.8, 4) is 29.4 Å². The van der Waals surface area contributed by atoms with Crippen LogP contribution in [0.4, 0.5) is 28.8 Å². The van der Waals surface area contributed by atoms with Crippen LogP contribution in [0.5, 0.6) is 5.75 Å². The predicted molar refractivity (Wildman–Crippen MR) is 207 cm³/mol. The Bertz CT molecular complexity index is 1910. The number of halogens is 1. The van der Waals surface area contributed by atoms with Crippen molar-refractivity contribution in [2.24, 2.45) is 0 Å². The molecule has 262 valence electrons. The molecule has 50 heavy (non-hydrogen) atoms. The average Bonchev–Trinajstić information content (AvgIpc) is 3.13. The van der Waals surface area contributed by atoms with Gasteiger partial charge in [0.05, 0.1) is 41.0 Å². The molecule has 0 aliphatic carbocycles. The Morgan fingerprint density at radius 3 is 2.38 bits per heavy atom. The Balaban J connectivity index is 1.21. The summed E-state index contributed by atoms with van der Waals surface area (Å²) in [6, 6.07) is 10.6. The molecule has 11 nitrogen and oxygen atoms in total. The van der Waals surface area contributed by atoms with Gasteiger partial charge >= 0.3 is 0 Å². The van der Waals surface area contributed by atoms with E-state index in [-0.39, 0.29) is 0 Å². The van der Waals surface area contributed by atoms with Crippen LogP contribution in [0.25, 0.3) is 11.3 Å². The molecule has 2 fully saturated rings. The number of aromatic nitrogens is 4. The van der Waals surface area contributed by atoms with E-state index in [1.54, 1.807) is 39.0 Å². The number of terminal acetylenes is 1. The molecule has 4 aromatic rings. The molecule has 0 amide bonds. The van der Waals surface area contributed by atoms with Crippen molar-refractivity contribution in [2.45, 2.75) is 32.2 Å². The SMILES string of the molecule is C#Cc1cnc(-c2ccc(Nc3nc(Nc4cc(CC)c(N5CCC(N6CCN(C)CC6)CC5)cc4OC)ncc3Br)c(P(C)(C)=O)c2)cn1. The van der Waals surface area contributed by atoms with E-state index in [0.717, 1.165) is 62.7 Å². The highest BCUT2D eigenvalue weighted by Gasteiger charge is 2.28. The smallest absolute Gasteiger partial charge is 0.229 e. The van der Waals surface area contributed by atoms with E-state index in [4.69, 9.17) is 16.1 Å². The Morgan fingerprint density at radius 1 is 0.980 bits per heavy atom. The molecule has 4 heterocycles. The highest BCUT2D eigenvalue weighted by atomic mass is 79.9. The maximum Gasteiger partial charge on any atom is 0.229 e. The van der Waals surface area contributed by atoms with Gasteiger partial charge in [-0.05, 0) is 85.3 Å². The lowest BCUT2D eigenvalue weighted by Crippen LogP contribution is -2.52. The maximum absolute atomic E-state index is 13.5. The Hall–Kier alpha value is -4.01. The third-order valence-corrected chi connectivity index (χ3v) is 11.7. The second-order valence-corrected chi connectivity index (χ2v) is 17.3. The van der Waals surface area contributed by atoms with E-state index in [1.165, 1.54) is 24.1 Å². The molecule has 0 spiro atoms. The summed E-state index contributed by atoms with van der Waals surface area (Å²) in [4.78, 5) is 25.7. The third kappa shape index (κ3) is 8.13. The molecule has 0 saturated carbocycles. The summed E-state index contributed by atoms with van der Waals surface area (Å²) in [6.07, 6.45) is 13.5. The fraction of sp³-hybridized carbons (Fsp3) is 0.405. The molecule has 2 aromatic carbocycles. The summed E-state index contributed by atoms with van der Waals surface area (Å²) >= 11 is 3.60. The fourth-order valence-corrected chi connectivity index (χ4v) is 8.12. The molecule has 0 radical (unpaired) electrons. The van der Waals surface area contributed by atoms with Crippen molar-refractivity contribution in [1.82, 2.24) is 29.7 Å². The molecular weight excluding hydrogens is 713 g/mol. The number of nitrogens with zero attached hydrogens (tertiary/aromatic N) is 7. The van der Waals surface area contributed by atoms with Crippen molar-refractivity contribution in [3.63, 3.8) is 0 Å². The van der Waals surface area contributed by atoms with Gasteiger partial charge in [-0.15, -0.1) is 6.42 Å². The highest BCUT2D eigenvalue weighted by Crippen LogP contribution is 2.41. The zero-order chi connectivity index (χ0) is 35.4. The first-order valence-corrected chi connectivity index (χ1v) is 20.4. The second kappa shape index (κ2) is 15.5. The topological polar surface area (TPSA) is 112 Å². The van der Waals surface area contributed by atoms with Crippen LogP contribution in [-0.4, -0.2) is 103 Å². The van der Waals surface area contributed by atoms with Gasteiger partial charge in [-0.3, -0.25) is 9.88 Å². The number of methoxy groups -OCH3 is 1. The number of piperidine rings is 1. The molecule has 0 atom stereocenters. The standard InChI is InChI=1S/C37H45BrN9O2P/c1-7-25-19-31(34(49-4)21-33(25)47-13-11-28(12-14-47)46-17-15-45(3)16-18-46)43-37-41-23-29(38)36(44-37)42-30-10-9-26(20-35(30)50(5,6)48)32-24-39-27(8-2)22-40-32/h2,9-10,19-24,28H,7,11-18H2,1,3-6H3,(H2,41,42,43,44). The molecule has 2 aliphatic rings. The first kappa shape index (κ1) is 35.8. The number of anilines is 5. The molecule has 2 saturated heterocycles. The molecular formula is C37H45BrN9O2P. The Morgan fingerprint density at radius 2 is 1.74 bits per heavy atom. The zero-order valence-electron chi connectivity index (χ0n) is 29.4. The van der Waals surface area contributed by atoms with Gasteiger partial charge in [0.15, 0.2) is 0 Å². The Labute approximate surface area is 303 Å². The minimum Gasteiger partial charge on any atom is -0.494 e. The number of nitrogens with one attached hydrogen (secondary N) is 2. The quantitative estimate of drug-likeness (QED) is 0.143. The molecule has 2 N–H and O–H groups in total. The number of benzene rings is 2. The van der Waals surface area contributed by atoms with E-state index in [9.17, 15) is 4.57 Å². The number of likely N-dealkylation sites (N-methyl/N-ethyl adjacent to an activating group) is 1. The number of ether oxygens (including phenoxy) is 1. The maximum atomic E-state index is 13.5. The van der Waals surface area contributed by atoms with Gasteiger partial charge in [0.2, 0.25) is 5.95 Å². The summed E-state index contributed by atoms with van der Waals surface area (Å²) in [5.41, 5.74) is 5.82. The van der Waals surface area contributed by atoms with Crippen LogP contribution in [0.3, 0.4) is 0 Å². The van der Waals surface area contributed by atoms with Gasteiger partial charge in [-0.1, -0.05) is 13.0 Å². The molecule has 0 bridgehead atoms. The van der Waals surface area contributed by atoms with Gasteiger partial charge in [-0.25, -0.2) is 9.97 Å². The normalized spacial score (nSPS) is 16.2. The van der Waals surface area contributed by atoms with Crippen molar-refractivity contribution in [2.75, 3.05) is 82.3 Å². The zero-order valence-corrected chi connectivity index (χ0v) is 31.9. The Kier molecular flexibility index (Phi) is 11.1. The average molecular weight is 759 g/mol. The minimum atomic E-state index is -2.73. The van der Waals surface area contributed by atoms with Crippen molar-refractivity contribution in [1.29, 1.82) is 0 Å². The molecule has 6 rings (SSSR count). The number of rotatable bonds is 10. The van der Waals surface area contributed by atoms with Gasteiger partial charge in [0.1, 0.15) is 24.4 Å². The number of hydrogen-bond acceptors (Lipinski definition) is 11. The van der Waals surface area contributed by atoms with Gasteiger partial charge in [0, 0.05) is 74.1 Å². The summed E-state index contributed by atoms with van der Waals surface area (Å²) < 4.78 is 20.1. The van der Waals surface area contributed by atoms with Crippen LogP contribution in [0.2, 0.25) is 0 Å². The molecule has 2 aromatic heterocycles. The highest BCUT2D eigenvalue weighted by molar-refractivity contribution is 9.10. The summed E-state index contributed by atoms with van der Waals surface area (Å²) in [6.45, 7) is 12.4. The number of aryl methyl sites for hydroxylation is 1. The fourth-order valence-electron chi connectivity index (χ4n) is 6.67. The third-order valence-electron chi connectivity index (χ3n) is 9.56. The largest absolute Gasteiger partial charge is 0.494 e. The number of hydrogen-bond donors (Lipinski definition) is 2. The van der Waals surface area contributed by atoms with Crippen molar-refractivity contribution < 1.29 is 9.30 Å². The van der Waals surface area contributed by atoms with E-state index in [1.807, 2.05) is 18.2 Å². The lowest BCUT2D eigenvalue weighted by Gasteiger charge is -2.43. The molecule has 2 aliphatic heterocycles. The van der Waals surface area contributed by atoms with E-state index in [2.05, 4.69) is 88.2 Å². The summed E-state index contributed by atoms with van der Waals surface area (Å²) in [7, 11) is 1.18. The monoisotopic (exact) mass is 757 g/mol. The van der Waals surface area contributed by atoms with Crippen LogP contribution in [0, 0.1) is 12.3 Å². The lowest BCUT2D eigenvalue weighted by atomic mass is 9.99. The van der Waals surface area contributed by atoms with Crippen molar-refractivity contribution in [3.05, 3.63) is 64.7 Å². The first-order chi connectivity index (χ1) is 24.1. The van der Waals surface area contributed by atoms with Crippen LogP contribution >= 0.6 is 23.1 Å². The second-order valence-electron chi connectivity index (χ2n) is 13.2. The van der Waals surface area contributed by atoms with Gasteiger partial charge in [-0.2, -0.15) is 4.98 Å². The van der Waals surface area contributed by atoms with Crippen LogP contribution in [-0.2, 0) is 11.0 Å². The number of piperazine rings is 1. The first-order valence-electron chi connectivity index (χ1n) is 17.0. The van der Waals surface area contributed by atoms with Gasteiger partial charge in [0.25, 0.3) is 0 Å². The van der Waals surface area contributed by atoms with Crippen molar-refractivity contribution >= 4 is 57.2 Å². The van der Waals surface area contributed by atoms with E-state index < -0.39 is 7.14 Å². The van der Waals surface area contributed by atoms with E-state index >= 15 is 0 Å². The lowest BCUT2D eigenvalue weighted by molar-refractivity contribution is 0.0982. The van der Waals surface area contributed by atoms with Gasteiger partial charge < -0.3 is 29.7 Å². The van der Waals surface area contributed by atoms with Crippen LogP contribution in [0.1, 0.15) is 31.0 Å². The molecule has 13 heteroatoms. The van der Waals surface area contributed by atoms with Crippen LogP contribution < -0.4 is 25.6 Å². The van der Waals surface area contributed by atoms with E-state index in [0.29, 0.717) is 44.7 Å².